The van der Waals surface area contributed by atoms with Gasteiger partial charge in [0.05, 0.1) is 26.2 Å². The zero-order valence-electron chi connectivity index (χ0n) is 19.1. The Hall–Kier alpha value is -1.32. The molecule has 0 bridgehead atoms. The molecule has 30 heavy (non-hydrogen) atoms. The predicted octanol–water partition coefficient (Wildman–Crippen LogP) is 6.73. The van der Waals surface area contributed by atoms with Crippen LogP contribution in [0.25, 0.3) is 0 Å². The van der Waals surface area contributed by atoms with E-state index in [4.69, 9.17) is 16.3 Å². The molecule has 4 heteroatoms. The normalized spacial score (nSPS) is 16.4. The maximum Gasteiger partial charge on any atom is 0.361 e. The van der Waals surface area contributed by atoms with Crippen molar-refractivity contribution in [1.29, 1.82) is 0 Å². The molecule has 1 saturated heterocycles. The lowest BCUT2D eigenvalue weighted by atomic mass is 10.0. The molecule has 0 amide bonds. The fraction of sp³-hybridized carbons (Fsp3) is 0.654. The highest BCUT2D eigenvalue weighted by atomic mass is 35.5. The Kier molecular flexibility index (Phi) is 11.5. The highest BCUT2D eigenvalue weighted by Gasteiger charge is 2.32. The quantitative estimate of drug-likeness (QED) is 0.149. The van der Waals surface area contributed by atoms with Gasteiger partial charge in [-0.15, -0.1) is 0 Å². The van der Waals surface area contributed by atoms with E-state index in [1.807, 2.05) is 18.2 Å². The Morgan fingerprint density at radius 2 is 1.77 bits per heavy atom. The van der Waals surface area contributed by atoms with E-state index in [0.29, 0.717) is 13.2 Å². The van der Waals surface area contributed by atoms with Crippen molar-refractivity contribution in [3.8, 4) is 0 Å². The second kappa shape index (κ2) is 13.9. The maximum atomic E-state index is 12.6. The minimum Gasteiger partial charge on any atom is -0.462 e. The lowest BCUT2D eigenvalue weighted by molar-refractivity contribution is -0.920. The molecular weight excluding hydrogens is 394 g/mol. The first-order chi connectivity index (χ1) is 14.5. The van der Waals surface area contributed by atoms with Crippen molar-refractivity contribution < 1.29 is 14.0 Å². The number of quaternary nitrogens is 1. The number of piperidine rings is 1. The SMILES string of the molecule is CCCCCCCCOC(=O)C[N+]1(C/C=C(\C)Cc2ccccc2Cl)CCCCC1. The van der Waals surface area contributed by atoms with Gasteiger partial charge in [0.2, 0.25) is 0 Å². The lowest BCUT2D eigenvalue weighted by Crippen LogP contribution is -2.54. The smallest absolute Gasteiger partial charge is 0.361 e. The summed E-state index contributed by atoms with van der Waals surface area (Å²) >= 11 is 6.32. The summed E-state index contributed by atoms with van der Waals surface area (Å²) in [6, 6.07) is 8.04. The molecule has 0 aliphatic carbocycles. The van der Waals surface area contributed by atoms with E-state index in [1.54, 1.807) is 0 Å². The number of hydrogen-bond donors (Lipinski definition) is 0. The fourth-order valence-electron chi connectivity index (χ4n) is 4.34. The Balaban J connectivity index is 1.83. The maximum absolute atomic E-state index is 12.6. The van der Waals surface area contributed by atoms with Gasteiger partial charge in [-0.05, 0) is 56.7 Å². The first-order valence-corrected chi connectivity index (χ1v) is 12.3. The molecule has 0 atom stereocenters. The highest BCUT2D eigenvalue weighted by Crippen LogP contribution is 2.22. The third-order valence-electron chi connectivity index (χ3n) is 6.24. The standard InChI is InChI=1S/C26H41ClNO2/c1-3-4-5-6-7-13-20-30-26(29)22-28(17-11-8-12-18-28)19-16-23(2)21-24-14-9-10-15-25(24)27/h9-10,14-16H,3-8,11-13,17-22H2,1-2H3/q+1/b23-16+. The Labute approximate surface area is 189 Å². The van der Waals surface area contributed by atoms with Crippen molar-refractivity contribution >= 4 is 17.6 Å². The van der Waals surface area contributed by atoms with Crippen LogP contribution in [0.4, 0.5) is 0 Å². The van der Waals surface area contributed by atoms with Crippen LogP contribution in [0.1, 0.15) is 77.2 Å². The number of esters is 1. The molecule has 2 rings (SSSR count). The number of hydrogen-bond acceptors (Lipinski definition) is 2. The number of carbonyl (C=O) groups is 1. The van der Waals surface area contributed by atoms with Crippen molar-refractivity contribution in [1.82, 2.24) is 0 Å². The van der Waals surface area contributed by atoms with Crippen LogP contribution < -0.4 is 0 Å². The van der Waals surface area contributed by atoms with Crippen LogP contribution in [0, 0.1) is 0 Å². The molecule has 0 N–H and O–H groups in total. The summed E-state index contributed by atoms with van der Waals surface area (Å²) in [5.41, 5.74) is 2.48. The van der Waals surface area contributed by atoms with Gasteiger partial charge in [-0.1, -0.05) is 74.4 Å². The van der Waals surface area contributed by atoms with Gasteiger partial charge >= 0.3 is 5.97 Å². The molecule has 1 heterocycles. The molecule has 1 aliphatic rings. The van der Waals surface area contributed by atoms with Crippen LogP contribution in [-0.4, -0.2) is 43.2 Å². The lowest BCUT2D eigenvalue weighted by Gasteiger charge is -2.40. The number of carbonyl (C=O) groups excluding carboxylic acids is 1. The minimum atomic E-state index is -0.0254. The van der Waals surface area contributed by atoms with Crippen LogP contribution in [0.3, 0.4) is 0 Å². The summed E-state index contributed by atoms with van der Waals surface area (Å²) in [7, 11) is 0. The van der Waals surface area contributed by atoms with Crippen molar-refractivity contribution in [2.45, 2.75) is 78.1 Å². The van der Waals surface area contributed by atoms with Gasteiger partial charge in [-0.25, -0.2) is 4.79 Å². The molecule has 0 spiro atoms. The number of halogens is 1. The molecule has 3 nitrogen and oxygen atoms in total. The molecule has 0 aromatic heterocycles. The number of rotatable bonds is 13. The fourth-order valence-corrected chi connectivity index (χ4v) is 4.54. The molecular formula is C26H41ClNO2+. The molecule has 1 aromatic carbocycles. The second-order valence-corrected chi connectivity index (χ2v) is 9.40. The second-order valence-electron chi connectivity index (χ2n) is 9.00. The topological polar surface area (TPSA) is 26.3 Å². The van der Waals surface area contributed by atoms with E-state index < -0.39 is 0 Å². The van der Waals surface area contributed by atoms with Gasteiger partial charge in [0.15, 0.2) is 6.54 Å². The van der Waals surface area contributed by atoms with E-state index >= 15 is 0 Å². The molecule has 168 valence electrons. The van der Waals surface area contributed by atoms with E-state index in [-0.39, 0.29) is 5.97 Å². The predicted molar refractivity (Wildman–Crippen MR) is 127 cm³/mol. The third kappa shape index (κ3) is 9.22. The largest absolute Gasteiger partial charge is 0.462 e. The molecule has 0 saturated carbocycles. The van der Waals surface area contributed by atoms with Gasteiger partial charge in [0.1, 0.15) is 0 Å². The first kappa shape index (κ1) is 24.9. The highest BCUT2D eigenvalue weighted by molar-refractivity contribution is 6.31. The zero-order chi connectivity index (χ0) is 21.7. The van der Waals surface area contributed by atoms with Gasteiger partial charge in [-0.2, -0.15) is 0 Å². The number of unbranched alkanes of at least 4 members (excludes halogenated alkanes) is 5. The monoisotopic (exact) mass is 434 g/mol. The average Bonchev–Trinajstić information content (AvgIpc) is 2.74. The van der Waals surface area contributed by atoms with Crippen molar-refractivity contribution in [2.75, 3.05) is 32.8 Å². The third-order valence-corrected chi connectivity index (χ3v) is 6.61. The molecule has 1 aliphatic heterocycles. The molecule has 1 aromatic rings. The number of benzene rings is 1. The van der Waals surface area contributed by atoms with E-state index in [2.05, 4.69) is 26.0 Å². The Bertz CT molecular complexity index is 665. The summed E-state index contributed by atoms with van der Waals surface area (Å²) in [4.78, 5) is 12.6. The Morgan fingerprint density at radius 1 is 1.07 bits per heavy atom. The van der Waals surface area contributed by atoms with Crippen molar-refractivity contribution in [2.24, 2.45) is 0 Å². The van der Waals surface area contributed by atoms with Crippen LogP contribution >= 0.6 is 11.6 Å². The summed E-state index contributed by atoms with van der Waals surface area (Å²) in [5.74, 6) is -0.0254. The Morgan fingerprint density at radius 3 is 2.50 bits per heavy atom. The molecule has 1 fully saturated rings. The molecule has 0 radical (unpaired) electrons. The number of allylic oxidation sites excluding steroid dienone is 1. The van der Waals surface area contributed by atoms with Gasteiger partial charge in [-0.3, -0.25) is 0 Å². The summed E-state index contributed by atoms with van der Waals surface area (Å²) in [6.45, 7) is 8.53. The van der Waals surface area contributed by atoms with E-state index in [9.17, 15) is 4.79 Å². The number of ether oxygens (including phenoxy) is 1. The average molecular weight is 435 g/mol. The van der Waals surface area contributed by atoms with Crippen molar-refractivity contribution in [3.63, 3.8) is 0 Å². The number of likely N-dealkylation sites (tertiary alicyclic amines) is 1. The minimum absolute atomic E-state index is 0.0254. The van der Waals surface area contributed by atoms with Gasteiger partial charge < -0.3 is 9.22 Å². The summed E-state index contributed by atoms with van der Waals surface area (Å²) in [5, 5.41) is 0.824. The van der Waals surface area contributed by atoms with E-state index in [1.165, 1.54) is 50.5 Å². The van der Waals surface area contributed by atoms with Crippen LogP contribution in [0.2, 0.25) is 5.02 Å². The van der Waals surface area contributed by atoms with Crippen molar-refractivity contribution in [3.05, 3.63) is 46.5 Å². The van der Waals surface area contributed by atoms with Crippen LogP contribution in [0.5, 0.6) is 0 Å². The summed E-state index contributed by atoms with van der Waals surface area (Å²) < 4.78 is 6.44. The number of nitrogens with zero attached hydrogens (tertiary/aromatic N) is 1. The van der Waals surface area contributed by atoms with Crippen LogP contribution in [0.15, 0.2) is 35.9 Å². The van der Waals surface area contributed by atoms with E-state index in [0.717, 1.165) is 54.0 Å². The summed E-state index contributed by atoms with van der Waals surface area (Å²) in [6.07, 6.45) is 14.1. The van der Waals surface area contributed by atoms with Gasteiger partial charge in [0.25, 0.3) is 0 Å². The van der Waals surface area contributed by atoms with Gasteiger partial charge in [0, 0.05) is 5.02 Å². The molecule has 0 unspecified atom stereocenters. The van der Waals surface area contributed by atoms with Crippen LogP contribution in [-0.2, 0) is 16.0 Å². The zero-order valence-corrected chi connectivity index (χ0v) is 19.9. The first-order valence-electron chi connectivity index (χ1n) is 11.9.